The van der Waals surface area contributed by atoms with Crippen molar-refractivity contribution in [3.8, 4) is 34.5 Å². The minimum atomic E-state index is -0.844. The molecule has 44 heavy (non-hydrogen) atoms. The highest BCUT2D eigenvalue weighted by Crippen LogP contribution is 2.53. The Labute approximate surface area is 253 Å². The van der Waals surface area contributed by atoms with Gasteiger partial charge in [-0.3, -0.25) is 0 Å². The molecule has 6 aromatic carbocycles. The molecule has 0 aromatic heterocycles. The standard InChI is InChI=1S/C38H28O6/c1-39-35-22-30-28-20-32-31(40-14-15-41-32)18-26(28)27-19-33-34(43-17-16-42-33)21-29(27)36(30)25-12-13-38(44-37(25)35,23-8-4-2-5-9-23)24-10-6-3-7-11-24/h2-13,18-22H,14-17H2,1H3. The van der Waals surface area contributed by atoms with E-state index in [-0.39, 0.29) is 0 Å². The van der Waals surface area contributed by atoms with E-state index in [0.29, 0.717) is 37.9 Å². The number of fused-ring (bicyclic) bond motifs is 10. The number of ether oxygens (including phenoxy) is 6. The van der Waals surface area contributed by atoms with Gasteiger partial charge < -0.3 is 28.4 Å². The molecule has 3 aliphatic heterocycles. The molecule has 0 radical (unpaired) electrons. The molecular formula is C38H28O6. The maximum atomic E-state index is 7.17. The van der Waals surface area contributed by atoms with Crippen LogP contribution < -0.4 is 28.4 Å². The third-order valence-corrected chi connectivity index (χ3v) is 8.87. The summed E-state index contributed by atoms with van der Waals surface area (Å²) in [5, 5.41) is 6.22. The molecule has 0 bridgehead atoms. The normalized spacial score (nSPS) is 16.0. The van der Waals surface area contributed by atoms with Crippen LogP contribution in [0.1, 0.15) is 16.7 Å². The van der Waals surface area contributed by atoms with E-state index in [1.807, 2.05) is 36.4 Å². The van der Waals surface area contributed by atoms with Gasteiger partial charge in [0.2, 0.25) is 0 Å². The molecule has 3 heterocycles. The third-order valence-electron chi connectivity index (χ3n) is 8.87. The highest BCUT2D eigenvalue weighted by atomic mass is 16.6. The fraction of sp³-hybridized carbons (Fsp3) is 0.158. The fourth-order valence-electron chi connectivity index (χ4n) is 6.88. The lowest BCUT2D eigenvalue weighted by atomic mass is 9.82. The van der Waals surface area contributed by atoms with Gasteiger partial charge in [0.1, 0.15) is 26.4 Å². The monoisotopic (exact) mass is 580 g/mol. The SMILES string of the molecule is COc1cc2c3cc4c(cc3c3cc5c(cc3c2c2c1OC(c1ccccc1)(c1ccccc1)C=C2)OCCO5)OCCO4. The Balaban J connectivity index is 1.40. The van der Waals surface area contributed by atoms with Crippen LogP contribution in [0.4, 0.5) is 0 Å². The van der Waals surface area contributed by atoms with E-state index in [0.717, 1.165) is 72.0 Å². The van der Waals surface area contributed by atoms with E-state index >= 15 is 0 Å². The summed E-state index contributed by atoms with van der Waals surface area (Å²) >= 11 is 0. The number of benzene rings is 6. The van der Waals surface area contributed by atoms with Crippen molar-refractivity contribution in [3.05, 3.63) is 114 Å². The van der Waals surface area contributed by atoms with Gasteiger partial charge in [0.25, 0.3) is 0 Å². The van der Waals surface area contributed by atoms with Crippen molar-refractivity contribution < 1.29 is 28.4 Å². The number of hydrogen-bond donors (Lipinski definition) is 0. The van der Waals surface area contributed by atoms with Gasteiger partial charge in [0.15, 0.2) is 40.1 Å². The molecule has 0 fully saturated rings. The quantitative estimate of drug-likeness (QED) is 0.198. The average molecular weight is 581 g/mol. The highest BCUT2D eigenvalue weighted by Gasteiger charge is 2.39. The summed E-state index contributed by atoms with van der Waals surface area (Å²) < 4.78 is 37.4. The molecule has 3 aliphatic rings. The van der Waals surface area contributed by atoms with Crippen molar-refractivity contribution in [2.75, 3.05) is 33.5 Å². The Morgan fingerprint density at radius 3 is 1.52 bits per heavy atom. The van der Waals surface area contributed by atoms with Crippen molar-refractivity contribution in [2.45, 2.75) is 5.60 Å². The molecule has 0 unspecified atom stereocenters. The van der Waals surface area contributed by atoms with Crippen LogP contribution in [0, 0.1) is 0 Å². The first kappa shape index (κ1) is 25.2. The lowest BCUT2D eigenvalue weighted by Crippen LogP contribution is -2.34. The maximum absolute atomic E-state index is 7.17. The van der Waals surface area contributed by atoms with Gasteiger partial charge >= 0.3 is 0 Å². The predicted molar refractivity (Wildman–Crippen MR) is 171 cm³/mol. The number of rotatable bonds is 3. The summed E-state index contributed by atoms with van der Waals surface area (Å²) in [6.45, 7) is 2.05. The Hall–Kier alpha value is -5.36. The van der Waals surface area contributed by atoms with E-state index in [4.69, 9.17) is 28.4 Å². The van der Waals surface area contributed by atoms with Gasteiger partial charge in [-0.25, -0.2) is 0 Å². The second kappa shape index (κ2) is 9.58. The summed E-state index contributed by atoms with van der Waals surface area (Å²) in [4.78, 5) is 0. The van der Waals surface area contributed by atoms with Crippen LogP contribution in [0.25, 0.3) is 38.4 Å². The van der Waals surface area contributed by atoms with Crippen LogP contribution in [-0.2, 0) is 5.60 Å². The third kappa shape index (κ3) is 3.60. The van der Waals surface area contributed by atoms with E-state index < -0.39 is 5.60 Å². The lowest BCUT2D eigenvalue weighted by molar-refractivity contribution is 0.154. The van der Waals surface area contributed by atoms with Crippen LogP contribution in [-0.4, -0.2) is 33.5 Å². The minimum Gasteiger partial charge on any atom is -0.493 e. The van der Waals surface area contributed by atoms with Crippen LogP contribution in [0.3, 0.4) is 0 Å². The molecular weight excluding hydrogens is 552 g/mol. The summed E-state index contributed by atoms with van der Waals surface area (Å²) in [5.74, 6) is 4.28. The van der Waals surface area contributed by atoms with E-state index in [1.165, 1.54) is 0 Å². The molecule has 6 aromatic rings. The van der Waals surface area contributed by atoms with Crippen molar-refractivity contribution in [1.82, 2.24) is 0 Å². The topological polar surface area (TPSA) is 55.4 Å². The van der Waals surface area contributed by atoms with Gasteiger partial charge in [-0.05, 0) is 69.4 Å². The van der Waals surface area contributed by atoms with Crippen molar-refractivity contribution >= 4 is 38.4 Å². The van der Waals surface area contributed by atoms with Gasteiger partial charge in [-0.15, -0.1) is 0 Å². The zero-order chi connectivity index (χ0) is 29.3. The van der Waals surface area contributed by atoms with Crippen molar-refractivity contribution in [3.63, 3.8) is 0 Å². The molecule has 0 spiro atoms. The molecule has 0 amide bonds. The molecule has 9 rings (SSSR count). The van der Waals surface area contributed by atoms with Gasteiger partial charge in [0.05, 0.1) is 7.11 Å². The molecule has 6 heteroatoms. The summed E-state index contributed by atoms with van der Waals surface area (Å²) in [7, 11) is 1.69. The van der Waals surface area contributed by atoms with Crippen molar-refractivity contribution in [1.29, 1.82) is 0 Å². The van der Waals surface area contributed by atoms with Crippen LogP contribution >= 0.6 is 0 Å². The maximum Gasteiger partial charge on any atom is 0.178 e. The molecule has 0 aliphatic carbocycles. The first-order valence-corrected chi connectivity index (χ1v) is 14.9. The average Bonchev–Trinajstić information content (AvgIpc) is 3.10. The largest absolute Gasteiger partial charge is 0.493 e. The molecule has 0 N–H and O–H groups in total. The smallest absolute Gasteiger partial charge is 0.178 e. The van der Waals surface area contributed by atoms with Gasteiger partial charge in [-0.2, -0.15) is 0 Å². The zero-order valence-corrected chi connectivity index (χ0v) is 24.1. The van der Waals surface area contributed by atoms with Crippen LogP contribution in [0.5, 0.6) is 34.5 Å². The van der Waals surface area contributed by atoms with E-state index in [1.54, 1.807) is 7.11 Å². The second-order valence-electron chi connectivity index (χ2n) is 11.2. The molecule has 6 nitrogen and oxygen atoms in total. The first-order chi connectivity index (χ1) is 21.7. The fourth-order valence-corrected chi connectivity index (χ4v) is 6.88. The van der Waals surface area contributed by atoms with Crippen LogP contribution in [0.15, 0.2) is 97.1 Å². The molecule has 216 valence electrons. The predicted octanol–water partition coefficient (Wildman–Crippen LogP) is 8.05. The second-order valence-corrected chi connectivity index (χ2v) is 11.2. The zero-order valence-electron chi connectivity index (χ0n) is 24.1. The Kier molecular flexibility index (Phi) is 5.48. The highest BCUT2D eigenvalue weighted by molar-refractivity contribution is 6.28. The lowest BCUT2D eigenvalue weighted by Gasteiger charge is -2.37. The Bertz CT molecular complexity index is 2060. The van der Waals surface area contributed by atoms with Crippen molar-refractivity contribution in [2.24, 2.45) is 0 Å². The Morgan fingerprint density at radius 1 is 0.568 bits per heavy atom. The molecule has 0 saturated carbocycles. The summed E-state index contributed by atoms with van der Waals surface area (Å²) in [6, 6.07) is 31.1. The summed E-state index contributed by atoms with van der Waals surface area (Å²) in [6.07, 6.45) is 4.35. The number of methoxy groups -OCH3 is 1. The minimum absolute atomic E-state index is 0.508. The van der Waals surface area contributed by atoms with E-state index in [9.17, 15) is 0 Å². The number of hydrogen-bond acceptors (Lipinski definition) is 6. The van der Waals surface area contributed by atoms with Gasteiger partial charge in [0, 0.05) is 22.1 Å². The molecule has 0 saturated heterocycles. The van der Waals surface area contributed by atoms with Gasteiger partial charge in [-0.1, -0.05) is 60.7 Å². The Morgan fingerprint density at radius 2 is 1.02 bits per heavy atom. The molecule has 0 atom stereocenters. The van der Waals surface area contributed by atoms with E-state index in [2.05, 4.69) is 66.7 Å². The van der Waals surface area contributed by atoms with Crippen LogP contribution in [0.2, 0.25) is 0 Å². The first-order valence-electron chi connectivity index (χ1n) is 14.9. The summed E-state index contributed by atoms with van der Waals surface area (Å²) in [5.41, 5.74) is 2.16.